The van der Waals surface area contributed by atoms with E-state index in [4.69, 9.17) is 16.0 Å². The first kappa shape index (κ1) is 12.4. The van der Waals surface area contributed by atoms with Gasteiger partial charge >= 0.3 is 0 Å². The van der Waals surface area contributed by atoms with E-state index in [-0.39, 0.29) is 0 Å². The Kier molecular flexibility index (Phi) is 4.42. The van der Waals surface area contributed by atoms with Crippen molar-refractivity contribution in [2.75, 3.05) is 6.61 Å². The van der Waals surface area contributed by atoms with E-state index in [9.17, 15) is 0 Å². The molecule has 0 N–H and O–H groups in total. The minimum Gasteiger partial charge on any atom is -0.494 e. The van der Waals surface area contributed by atoms with Crippen LogP contribution in [0.25, 0.3) is 0 Å². The molecule has 1 unspecified atom stereocenters. The molecule has 0 spiro atoms. The molecule has 0 heterocycles. The van der Waals surface area contributed by atoms with Gasteiger partial charge in [-0.3, -0.25) is 0 Å². The van der Waals surface area contributed by atoms with Crippen LogP contribution < -0.4 is 15.3 Å². The zero-order valence-electron chi connectivity index (χ0n) is 9.64. The predicted molar refractivity (Wildman–Crippen MR) is 76.1 cm³/mol. The van der Waals surface area contributed by atoms with E-state index in [1.165, 1.54) is 5.30 Å². The van der Waals surface area contributed by atoms with Crippen molar-refractivity contribution in [3.63, 3.8) is 0 Å². The lowest BCUT2D eigenvalue weighted by molar-refractivity contribution is 0.340. The molecule has 0 aliphatic carbocycles. The molecule has 1 nitrogen and oxygen atoms in total. The zero-order chi connectivity index (χ0) is 12.1. The third-order valence-electron chi connectivity index (χ3n) is 2.36. The number of hydrogen-bond donors (Lipinski definition) is 0. The molecule has 17 heavy (non-hydrogen) atoms. The Hall–Kier alpha value is -1.04. The summed E-state index contributed by atoms with van der Waals surface area (Å²) in [7, 11) is -0.776. The van der Waals surface area contributed by atoms with Crippen LogP contribution in [-0.4, -0.2) is 6.61 Å². The largest absolute Gasteiger partial charge is 0.494 e. The Morgan fingerprint density at radius 3 is 2.12 bits per heavy atom. The Labute approximate surface area is 108 Å². The van der Waals surface area contributed by atoms with E-state index < -0.39 is 7.27 Å². The highest BCUT2D eigenvalue weighted by Gasteiger charge is 2.09. The van der Waals surface area contributed by atoms with Crippen LogP contribution in [0.2, 0.25) is 0 Å². The lowest BCUT2D eigenvalue weighted by Gasteiger charge is -2.11. The standard InChI is InChI=1S/C14H14ClOP/c1-2-16-12-8-10-14(11-9-12)17(15)13-6-4-3-5-7-13/h3-11H,2H2,1H3. The molecule has 0 radical (unpaired) electrons. The fraction of sp³-hybridized carbons (Fsp3) is 0.143. The summed E-state index contributed by atoms with van der Waals surface area (Å²) in [6, 6.07) is 18.2. The van der Waals surface area contributed by atoms with Crippen molar-refractivity contribution in [2.45, 2.75) is 6.92 Å². The molecule has 2 rings (SSSR count). The molecule has 0 aromatic heterocycles. The summed E-state index contributed by atoms with van der Waals surface area (Å²) in [5, 5.41) is 2.32. The zero-order valence-corrected chi connectivity index (χ0v) is 11.3. The second kappa shape index (κ2) is 6.05. The number of ether oxygens (including phenoxy) is 1. The molecule has 0 aliphatic rings. The second-order valence-electron chi connectivity index (χ2n) is 3.54. The lowest BCUT2D eigenvalue weighted by Crippen LogP contribution is -2.07. The molecular weight excluding hydrogens is 251 g/mol. The molecule has 2 aromatic carbocycles. The molecule has 0 fully saturated rings. The van der Waals surface area contributed by atoms with Crippen LogP contribution >= 0.6 is 18.5 Å². The number of rotatable bonds is 4. The third kappa shape index (κ3) is 3.21. The number of hydrogen-bond acceptors (Lipinski definition) is 1. The first-order valence-electron chi connectivity index (χ1n) is 5.55. The fourth-order valence-corrected chi connectivity index (χ4v) is 3.37. The normalized spacial score (nSPS) is 12.1. The van der Waals surface area contributed by atoms with Gasteiger partial charge < -0.3 is 4.74 Å². The van der Waals surface area contributed by atoms with Gasteiger partial charge in [0.25, 0.3) is 0 Å². The first-order chi connectivity index (χ1) is 8.31. The van der Waals surface area contributed by atoms with Gasteiger partial charge in [-0.15, -0.1) is 0 Å². The summed E-state index contributed by atoms with van der Waals surface area (Å²) in [4.78, 5) is 0. The van der Waals surface area contributed by atoms with E-state index in [0.29, 0.717) is 6.61 Å². The van der Waals surface area contributed by atoms with E-state index in [1.807, 2.05) is 49.4 Å². The van der Waals surface area contributed by atoms with E-state index in [1.54, 1.807) is 0 Å². The monoisotopic (exact) mass is 264 g/mol. The molecule has 0 saturated heterocycles. The molecule has 2 aromatic rings. The van der Waals surface area contributed by atoms with Gasteiger partial charge in [0, 0.05) is 0 Å². The molecule has 1 atom stereocenters. The smallest absolute Gasteiger partial charge is 0.119 e. The Balaban J connectivity index is 2.17. The van der Waals surface area contributed by atoms with Gasteiger partial charge in [-0.2, -0.15) is 0 Å². The molecule has 0 bridgehead atoms. The average Bonchev–Trinajstić information content (AvgIpc) is 2.40. The van der Waals surface area contributed by atoms with Gasteiger partial charge in [0.05, 0.1) is 13.9 Å². The van der Waals surface area contributed by atoms with E-state index in [2.05, 4.69) is 12.1 Å². The Bertz CT molecular complexity index is 455. The Morgan fingerprint density at radius 2 is 1.53 bits per heavy atom. The van der Waals surface area contributed by atoms with Crippen LogP contribution in [-0.2, 0) is 0 Å². The quantitative estimate of drug-likeness (QED) is 0.766. The average molecular weight is 265 g/mol. The second-order valence-corrected chi connectivity index (χ2v) is 6.15. The maximum absolute atomic E-state index is 6.49. The predicted octanol–water partition coefficient (Wildman–Crippen LogP) is 3.67. The molecule has 88 valence electrons. The lowest BCUT2D eigenvalue weighted by atomic mass is 10.3. The number of halogens is 1. The molecular formula is C14H14ClOP. The SMILES string of the molecule is CCOc1ccc(P(Cl)c2ccccc2)cc1. The summed E-state index contributed by atoms with van der Waals surface area (Å²) < 4.78 is 5.41. The van der Waals surface area contributed by atoms with Crippen molar-refractivity contribution in [3.05, 3.63) is 54.6 Å². The van der Waals surface area contributed by atoms with Crippen molar-refractivity contribution in [1.29, 1.82) is 0 Å². The first-order valence-corrected chi connectivity index (χ1v) is 7.79. The highest BCUT2D eigenvalue weighted by molar-refractivity contribution is 7.95. The maximum atomic E-state index is 6.49. The summed E-state index contributed by atoms with van der Waals surface area (Å²) >= 11 is 6.49. The van der Waals surface area contributed by atoms with Gasteiger partial charge in [0.2, 0.25) is 0 Å². The van der Waals surface area contributed by atoms with E-state index in [0.717, 1.165) is 11.1 Å². The summed E-state index contributed by atoms with van der Waals surface area (Å²) in [6.07, 6.45) is 0. The van der Waals surface area contributed by atoms with Crippen LogP contribution in [0.5, 0.6) is 5.75 Å². The van der Waals surface area contributed by atoms with Gasteiger partial charge in [-0.25, -0.2) is 0 Å². The third-order valence-corrected chi connectivity index (χ3v) is 5.03. The van der Waals surface area contributed by atoms with Crippen molar-refractivity contribution >= 4 is 29.1 Å². The Morgan fingerprint density at radius 1 is 0.941 bits per heavy atom. The van der Waals surface area contributed by atoms with Crippen molar-refractivity contribution in [3.8, 4) is 5.75 Å². The fourth-order valence-electron chi connectivity index (χ4n) is 1.55. The minimum atomic E-state index is -0.776. The molecule has 0 aliphatic heterocycles. The van der Waals surface area contributed by atoms with Crippen molar-refractivity contribution in [2.24, 2.45) is 0 Å². The maximum Gasteiger partial charge on any atom is 0.119 e. The highest BCUT2D eigenvalue weighted by Crippen LogP contribution is 2.38. The summed E-state index contributed by atoms with van der Waals surface area (Å²) in [5.41, 5.74) is 0. The summed E-state index contributed by atoms with van der Waals surface area (Å²) in [6.45, 7) is 2.67. The minimum absolute atomic E-state index is 0.688. The van der Waals surface area contributed by atoms with Crippen molar-refractivity contribution < 1.29 is 4.74 Å². The van der Waals surface area contributed by atoms with Crippen LogP contribution in [0.15, 0.2) is 54.6 Å². The van der Waals surface area contributed by atoms with Gasteiger partial charge in [-0.05, 0) is 41.8 Å². The van der Waals surface area contributed by atoms with Crippen LogP contribution in [0.3, 0.4) is 0 Å². The van der Waals surface area contributed by atoms with Crippen LogP contribution in [0, 0.1) is 0 Å². The van der Waals surface area contributed by atoms with Gasteiger partial charge in [0.1, 0.15) is 5.75 Å². The topological polar surface area (TPSA) is 9.23 Å². The van der Waals surface area contributed by atoms with Crippen LogP contribution in [0.4, 0.5) is 0 Å². The molecule has 0 saturated carbocycles. The van der Waals surface area contributed by atoms with Gasteiger partial charge in [0.15, 0.2) is 0 Å². The molecule has 3 heteroatoms. The number of benzene rings is 2. The van der Waals surface area contributed by atoms with Gasteiger partial charge in [-0.1, -0.05) is 41.6 Å². The van der Waals surface area contributed by atoms with E-state index >= 15 is 0 Å². The van der Waals surface area contributed by atoms with Crippen LogP contribution in [0.1, 0.15) is 6.92 Å². The van der Waals surface area contributed by atoms with Crippen molar-refractivity contribution in [1.82, 2.24) is 0 Å². The summed E-state index contributed by atoms with van der Waals surface area (Å²) in [5.74, 6) is 0.893. The highest BCUT2D eigenvalue weighted by atomic mass is 35.7. The molecule has 0 amide bonds.